The monoisotopic (exact) mass is 2210 g/mol. The first-order chi connectivity index (χ1) is 69.3. The number of hydrogen-bond donors (Lipinski definition) is 30. The summed E-state index contributed by atoms with van der Waals surface area (Å²) in [6.07, 6.45) is -5.81. The number of nitrogens with one attached hydrogen (secondary N) is 13. The number of rotatable bonds is 69. The van der Waals surface area contributed by atoms with Crippen LogP contribution in [0, 0.1) is 5.41 Å². The summed E-state index contributed by atoms with van der Waals surface area (Å²) in [5, 5.41) is 72.4. The van der Waals surface area contributed by atoms with E-state index < -0.39 is 255 Å². The van der Waals surface area contributed by atoms with Gasteiger partial charge in [0.1, 0.15) is 96.7 Å². The van der Waals surface area contributed by atoms with Gasteiger partial charge in [-0.1, -0.05) is 19.1 Å². The predicted octanol–water partition coefficient (Wildman–Crippen LogP) is -10.9. The van der Waals surface area contributed by atoms with Crippen LogP contribution in [0.5, 0.6) is 0 Å². The molecule has 5 rings (SSSR count). The Morgan fingerprint density at radius 1 is 0.595 bits per heavy atom. The number of anilines is 1. The lowest BCUT2D eigenvalue weighted by Gasteiger charge is -2.30. The molecule has 0 aromatic carbocycles. The number of thioether (sulfide) groups is 1. The molecule has 2 unspecified atom stereocenters. The first-order valence-electron chi connectivity index (χ1n) is 46.4. The number of fused-ring (bicyclic) bond motifs is 1. The Morgan fingerprint density at radius 3 is 1.74 bits per heavy atom. The van der Waals surface area contributed by atoms with Gasteiger partial charge in [-0.3, -0.25) is 109 Å². The fourth-order valence-electron chi connectivity index (χ4n) is 14.3. The maximum Gasteiger partial charge on any atom is 0.481 e. The summed E-state index contributed by atoms with van der Waals surface area (Å²) >= 11 is 1.33. The third-order valence-corrected chi connectivity index (χ3v) is 26.5. The van der Waals surface area contributed by atoms with Gasteiger partial charge in [0, 0.05) is 75.7 Å². The Labute approximate surface area is 851 Å². The van der Waals surface area contributed by atoms with Crippen molar-refractivity contribution in [3.63, 3.8) is 0 Å². The van der Waals surface area contributed by atoms with Gasteiger partial charge in [-0.15, -0.1) is 5.10 Å². The van der Waals surface area contributed by atoms with Crippen LogP contribution in [-0.4, -0.2) is 360 Å². The van der Waals surface area contributed by atoms with Crippen LogP contribution in [-0.2, 0) is 130 Å². The van der Waals surface area contributed by atoms with Crippen LogP contribution in [0.15, 0.2) is 28.8 Å². The van der Waals surface area contributed by atoms with Crippen molar-refractivity contribution in [2.75, 3.05) is 90.2 Å². The van der Waals surface area contributed by atoms with Gasteiger partial charge in [0.05, 0.1) is 51.0 Å². The molecule has 2 aliphatic heterocycles. The summed E-state index contributed by atoms with van der Waals surface area (Å²) in [5.74, 6) is -14.1. The average Bonchev–Trinajstić information content (AvgIpc) is 1.61. The van der Waals surface area contributed by atoms with Gasteiger partial charge in [-0.2, -0.15) is 16.1 Å². The van der Waals surface area contributed by atoms with Gasteiger partial charge in [-0.05, 0) is 130 Å². The van der Waals surface area contributed by atoms with E-state index in [4.69, 9.17) is 59.7 Å². The van der Waals surface area contributed by atoms with Crippen molar-refractivity contribution in [2.24, 2.45) is 55.5 Å². The van der Waals surface area contributed by atoms with Gasteiger partial charge in [-0.25, -0.2) is 33.2 Å². The van der Waals surface area contributed by atoms with E-state index in [9.17, 15) is 135 Å². The Bertz CT molecular complexity index is 5250. The lowest BCUT2D eigenvalue weighted by molar-refractivity contribution is -0.142. The van der Waals surface area contributed by atoms with E-state index >= 15 is 0 Å². The number of nitrogens with two attached hydrogens (primary N) is 8. The first-order valence-corrected chi connectivity index (χ1v) is 53.6. The number of guanidine groups is 2. The normalized spacial score (nSPS) is 18.3. The minimum absolute atomic E-state index is 0.00413. The molecule has 0 aliphatic carbocycles. The number of aliphatic hydroxyl groups is 3. The van der Waals surface area contributed by atoms with Crippen LogP contribution < -0.4 is 115 Å². The standard InChI is InChI=1S/C78H137N31O34P4S/c1-41(96-44(4)111)65(118)100-49(19-13-25-89-76(83)84)68(121)101-48(17-8-11-24-80)69(122)103-51(35-138-144(128,129)130)70(123)104-57(43(3)110)72(125)92-32-55(113)91-33-56(114)98-47(66(119)97-42(2)74(127)108-30-15-21-52(108)71(124)102-50(20-14-26-90-77(85)86)67(120)99-46(63(82)117)16-7-10-23-79)18-9-12-29-107-34-45(105-106-107)37-148-31-28-87-54(112)22-27-88-73(126)61(116)78(5,6)38-140-147(136,137)143-146(134,135)139-36-53-60(142-145(131,132)133)59(115)75(141-53)109-40-95-58-62(81)93-39-94-64(58)109/h34,39-43,46-53,57,59-61,75,110,115-116H,7-33,35-38,79-80H2,1-6H3,(H2,82,117)(H,87,112)(H,88,126)(H,91,113)(H,92,125)(H,96,111)(H,97,119)(H,98,114)(H,99,120)(H,100,118)(H,101,121)(H,102,124)(H,103,122)(H,104,123)(H,134,135)(H,136,137)(H2,81,93,94)(H4,83,84,89)(H4,85,86,90)(H2,128,129,130)(H2,131,132,133)/t41-,42-,43+,46-,47-,48-,49-,50-,51-,52-,53+,57-,59+,60+,61+,75+/m0/s1. The number of hydrogen-bond acceptors (Lipinski definition) is 39. The number of phosphoric ester groups is 4. The minimum Gasteiger partial charge on any atom is -0.391 e. The number of carbonyl (C=O) groups is 15. The van der Waals surface area contributed by atoms with Crippen LogP contribution in [0.25, 0.3) is 11.2 Å². The van der Waals surface area contributed by atoms with Gasteiger partial charge < -0.3 is 169 Å². The molecule has 0 bridgehead atoms. The number of aryl methyl sites for hydroxylation is 1. The number of carbonyl (C=O) groups excluding carboxylic acids is 15. The molecule has 2 saturated heterocycles. The number of nitrogen functional groups attached to an aromatic ring is 1. The van der Waals surface area contributed by atoms with Crippen LogP contribution >= 0.6 is 43.1 Å². The first kappa shape index (κ1) is 127. The average molecular weight is 2210 g/mol. The lowest BCUT2D eigenvalue weighted by Crippen LogP contribution is -2.61. The molecule has 0 spiro atoms. The highest BCUT2D eigenvalue weighted by Gasteiger charge is 2.51. The zero-order valence-electron chi connectivity index (χ0n) is 81.9. The van der Waals surface area contributed by atoms with Crippen LogP contribution in [0.1, 0.15) is 156 Å². The van der Waals surface area contributed by atoms with Gasteiger partial charge >= 0.3 is 31.3 Å². The second-order valence-electron chi connectivity index (χ2n) is 34.7. The maximum atomic E-state index is 14.4. The number of unbranched alkanes of at least 4 members (excludes halogenated alkanes) is 3. The maximum absolute atomic E-state index is 14.4. The lowest BCUT2D eigenvalue weighted by atomic mass is 9.87. The molecule has 70 heteroatoms. The highest BCUT2D eigenvalue weighted by Crippen LogP contribution is 2.61. The van der Waals surface area contributed by atoms with E-state index in [1.807, 2.05) is 0 Å². The molecule has 2 aliphatic rings. The van der Waals surface area contributed by atoms with Gasteiger partial charge in [0.2, 0.25) is 88.6 Å². The number of primary amides is 1. The van der Waals surface area contributed by atoms with Crippen molar-refractivity contribution in [2.45, 2.75) is 254 Å². The fraction of sp³-hybridized carbons (Fsp3) is 0.692. The molecule has 0 saturated carbocycles. The van der Waals surface area contributed by atoms with E-state index in [-0.39, 0.29) is 170 Å². The summed E-state index contributed by atoms with van der Waals surface area (Å²) in [4.78, 5) is 283. The summed E-state index contributed by atoms with van der Waals surface area (Å²) in [6.45, 7) is 2.18. The number of ether oxygens (including phenoxy) is 1. The number of aromatic nitrogens is 7. The molecule has 38 N–H and O–H groups in total. The molecule has 148 heavy (non-hydrogen) atoms. The number of nitrogens with zero attached hydrogens (tertiary/aromatic N) is 10. The van der Waals surface area contributed by atoms with Crippen LogP contribution in [0.3, 0.4) is 0 Å². The smallest absolute Gasteiger partial charge is 0.391 e. The van der Waals surface area contributed by atoms with E-state index in [0.29, 0.717) is 30.8 Å². The number of imidazole rings is 1. The molecular weight excluding hydrogens is 2070 g/mol. The Kier molecular flexibility index (Phi) is 53.0. The molecule has 18 atom stereocenters. The number of aliphatic hydroxyl groups excluding tert-OH is 3. The van der Waals surface area contributed by atoms with Gasteiger partial charge in [0.15, 0.2) is 29.6 Å². The molecule has 15 amide bonds. The second-order valence-corrected chi connectivity index (χ2v) is 41.3. The molecule has 5 heterocycles. The number of amides is 15. The van der Waals surface area contributed by atoms with E-state index in [1.165, 1.54) is 49.0 Å². The Balaban J connectivity index is 1.19. The number of likely N-dealkylation sites (tertiary alicyclic amines) is 1. The minimum atomic E-state index is -5.70. The highest BCUT2D eigenvalue weighted by atomic mass is 32.2. The molecule has 65 nitrogen and oxygen atoms in total. The highest BCUT2D eigenvalue weighted by molar-refractivity contribution is 7.98. The second kappa shape index (κ2) is 61.7. The number of phosphoric acid groups is 4. The third kappa shape index (κ3) is 45.6. The molecule has 3 aromatic rings. The molecule has 834 valence electrons. The predicted molar refractivity (Wildman–Crippen MR) is 519 cm³/mol. The van der Waals surface area contributed by atoms with Crippen molar-refractivity contribution >= 4 is 161 Å². The zero-order valence-corrected chi connectivity index (χ0v) is 86.3. The fourth-order valence-corrected chi connectivity index (χ4v) is 18.2. The van der Waals surface area contributed by atoms with Crippen LogP contribution in [0.4, 0.5) is 5.82 Å². The van der Waals surface area contributed by atoms with E-state index in [1.54, 1.807) is 6.20 Å². The zero-order chi connectivity index (χ0) is 111. The molecule has 2 fully saturated rings. The van der Waals surface area contributed by atoms with Crippen molar-refractivity contribution in [1.82, 2.24) is 109 Å². The summed E-state index contributed by atoms with van der Waals surface area (Å²) in [5.41, 5.74) is 43.4. The van der Waals surface area contributed by atoms with E-state index in [0.717, 1.165) is 31.1 Å². The molecular formula is C78H137N31O34P4S. The Hall–Kier alpha value is -11.3. The van der Waals surface area contributed by atoms with Crippen molar-refractivity contribution in [3.8, 4) is 0 Å². The summed E-state index contributed by atoms with van der Waals surface area (Å²) in [7, 11) is -22.2. The van der Waals surface area contributed by atoms with Crippen molar-refractivity contribution in [3.05, 3.63) is 24.5 Å². The van der Waals surface area contributed by atoms with Crippen LogP contribution in [0.2, 0.25) is 0 Å². The Morgan fingerprint density at radius 2 is 1.15 bits per heavy atom. The quantitative estimate of drug-likeness (QED) is 0.0108. The third-order valence-electron chi connectivity index (χ3n) is 22.0. The largest absolute Gasteiger partial charge is 0.481 e. The number of aliphatic imine (C=N–C) groups is 2. The molecule has 3 aromatic heterocycles. The summed E-state index contributed by atoms with van der Waals surface area (Å²) in [6, 6.07) is -14.8. The topological polar surface area (TPSA) is 1030 Å². The van der Waals surface area contributed by atoms with Crippen molar-refractivity contribution in [1.29, 1.82) is 0 Å². The van der Waals surface area contributed by atoms with E-state index in [2.05, 4.69) is 118 Å². The molecule has 0 radical (unpaired) electrons. The van der Waals surface area contributed by atoms with Gasteiger partial charge in [0.25, 0.3) is 0 Å². The van der Waals surface area contributed by atoms with Crippen molar-refractivity contribution < 1.29 is 162 Å². The SMILES string of the molecule is CC(=O)N[C@@H](C)C(=O)N[C@@H](CCCN=C(N)N)C(=O)N[C@@H](CCCCN)C(=O)N[C@@H](COP(=O)(O)O)C(=O)N[C@H](C(=O)NCC(=O)NCC(=O)N[C@@H](CCCCn1cc(CSCCNC(=O)CCNC(=O)[C@@H](O)C(C)(C)COP(=O)(O)OP(=O)(O)OC[C@H]2O[C@@H](n3cnc4c(N)ncnc43)[C@H](O)[C@@H]2OP(=O)(O)O)nn1)C(=O)N[C@@H](C)C(=O)N1CCC[C@H]1C(=O)N[C@@H](CCCN=C(N)N)C(=O)N[C@@H](CCCCN)C(N)=O)[C@@H](C)O. The summed E-state index contributed by atoms with van der Waals surface area (Å²) < 4.78 is 81.2.